The molecule has 0 aliphatic rings. The van der Waals surface area contributed by atoms with Gasteiger partial charge in [0.2, 0.25) is 0 Å². The Morgan fingerprint density at radius 1 is 0.216 bits per heavy atom. The van der Waals surface area contributed by atoms with Gasteiger partial charge in [0.25, 0.3) is 0 Å². The zero-order valence-corrected chi connectivity index (χ0v) is 81.7. The Balaban J connectivity index is 0.000000195. The van der Waals surface area contributed by atoms with Gasteiger partial charge in [-0.1, -0.05) is 155 Å². The first kappa shape index (κ1) is 77.7. The normalized spacial score (nSPS) is 12.8. The molecule has 0 atom stereocenters. The van der Waals surface area contributed by atoms with Crippen molar-refractivity contribution in [3.63, 3.8) is 0 Å². The Labute approximate surface area is 871 Å². The molecule has 0 aliphatic carbocycles. The van der Waals surface area contributed by atoms with Crippen LogP contribution in [0.5, 0.6) is 0 Å². The third-order valence-corrected chi connectivity index (χ3v) is 19.0. The van der Waals surface area contributed by atoms with E-state index in [2.05, 4.69) is 146 Å². The van der Waals surface area contributed by atoms with Gasteiger partial charge in [-0.05, 0) is 195 Å². The van der Waals surface area contributed by atoms with E-state index in [0.717, 1.165) is 125 Å². The second-order valence-corrected chi connectivity index (χ2v) is 28.3. The van der Waals surface area contributed by atoms with Crippen LogP contribution in [0, 0.1) is 89.7 Å². The predicted octanol–water partition coefficient (Wildman–Crippen LogP) is 27.6. The Morgan fingerprint density at radius 3 is 0.754 bits per heavy atom. The molecule has 0 unspecified atom stereocenters. The van der Waals surface area contributed by atoms with Crippen LogP contribution in [0.25, 0.3) is 135 Å². The van der Waals surface area contributed by atoms with Crippen molar-refractivity contribution in [3.8, 4) is 135 Å². The molecule has 0 fully saturated rings. The average Bonchev–Trinajstić information content (AvgIpc) is 0.781. The molecular weight excluding hydrogens is 2350 g/mol. The molecule has 0 spiro atoms. The molecule has 12 aromatic heterocycles. The summed E-state index contributed by atoms with van der Waals surface area (Å²) < 4.78 is 147. The zero-order chi connectivity index (χ0) is 107. The van der Waals surface area contributed by atoms with Crippen molar-refractivity contribution in [3.05, 3.63) is 507 Å². The van der Waals surface area contributed by atoms with Gasteiger partial charge in [0, 0.05) is 182 Å². The van der Waals surface area contributed by atoms with Gasteiger partial charge in [-0.15, -0.1) is 263 Å². The fourth-order valence-electron chi connectivity index (χ4n) is 12.4. The van der Waals surface area contributed by atoms with E-state index in [4.69, 9.17) is 27.4 Å². The van der Waals surface area contributed by atoms with E-state index < -0.39 is 47.5 Å². The van der Waals surface area contributed by atoms with Crippen LogP contribution in [0.3, 0.4) is 0 Å². The molecule has 0 saturated carbocycles. The van der Waals surface area contributed by atoms with Crippen molar-refractivity contribution in [1.82, 2.24) is 59.8 Å². The van der Waals surface area contributed by atoms with Crippen molar-refractivity contribution in [1.29, 1.82) is 0 Å². The molecule has 8 aromatic carbocycles. The van der Waals surface area contributed by atoms with Crippen LogP contribution in [0.15, 0.2) is 414 Å². The van der Waals surface area contributed by atoms with E-state index in [-0.39, 0.29) is 114 Å². The molecule has 20 rings (SSSR count). The summed E-state index contributed by atoms with van der Waals surface area (Å²) in [5, 5.41) is 0. The number of rotatable bonds is 14. The van der Waals surface area contributed by atoms with E-state index >= 15 is 0 Å². The molecule has 20 aromatic rings. The molecule has 4 radical (unpaired) electrons. The SMILES string of the molecule is CCc1ccnc(-c2[c-]ccc(-c3ccccn3)c2)c1.Cc1ccnc(-c2[c-]ccc(-c3ccccn3)c2)c1.[2H]C([2H])([2H])C([2H])([2H])c1ccnc(-c2[c-]ccc(-c3ccccn3)c2)c1.[2H]C([2H])([2H])c1ccc(-c2[c-]cccc2)nc1.[2H]C([2H])([2H])c1ccc(-c2[c-]cccc2)nc1.[2H]C([2H])([2H])c1ccc(-c2[c-]cccc2)nc1.[2H]C([2H])([2H])c1ccc(-c2[c-]cccc2)nc1.[2H]C([2H])([2H])c1ccnc(-c2[c-]ccc(-c3ccccn3)c2)c1.[Ir].[Ir].[Ir].[Ir]. The van der Waals surface area contributed by atoms with Crippen LogP contribution in [0.2, 0.25) is 0 Å². The van der Waals surface area contributed by atoms with Crippen molar-refractivity contribution in [2.45, 2.75) is 67.8 Å². The molecular formula is C118H96Ir4N12-8. The third kappa shape index (κ3) is 32.9. The topological polar surface area (TPSA) is 155 Å². The van der Waals surface area contributed by atoms with Crippen LogP contribution in [0.1, 0.15) is 85.7 Å². The molecule has 0 amide bonds. The summed E-state index contributed by atoms with van der Waals surface area (Å²) in [6, 6.07) is 128. The van der Waals surface area contributed by atoms with Gasteiger partial charge in [-0.25, -0.2) is 0 Å². The fraction of sp³-hybridized carbons (Fsp3) is 0.0847. The van der Waals surface area contributed by atoms with Gasteiger partial charge in [0.1, 0.15) is 0 Å². The third-order valence-electron chi connectivity index (χ3n) is 19.0. The van der Waals surface area contributed by atoms with E-state index in [9.17, 15) is 0 Å². The van der Waals surface area contributed by atoms with Crippen LogP contribution >= 0.6 is 0 Å². The van der Waals surface area contributed by atoms with E-state index in [1.807, 2.05) is 225 Å². The molecule has 12 heterocycles. The largest absolute Gasteiger partial charge is 0.305 e. The molecule has 134 heavy (non-hydrogen) atoms. The molecule has 0 saturated heterocycles. The van der Waals surface area contributed by atoms with E-state index in [1.165, 1.54) is 66.5 Å². The number of pyridine rings is 12. The number of aryl methyl sites for hydroxylation is 8. The smallest absolute Gasteiger partial charge is 0.0518 e. The van der Waals surface area contributed by atoms with Crippen LogP contribution < -0.4 is 0 Å². The minimum absolute atomic E-state index is 0. The van der Waals surface area contributed by atoms with Gasteiger partial charge in [-0.2, -0.15) is 0 Å². The van der Waals surface area contributed by atoms with Crippen molar-refractivity contribution in [2.24, 2.45) is 0 Å². The summed E-state index contributed by atoms with van der Waals surface area (Å²) in [7, 11) is 0. The number of hydrogen-bond donors (Lipinski definition) is 0. The summed E-state index contributed by atoms with van der Waals surface area (Å²) in [4.78, 5) is 51.2. The van der Waals surface area contributed by atoms with Gasteiger partial charge in [0.15, 0.2) is 0 Å². The first-order valence-electron chi connectivity index (χ1n) is 51.1. The number of aromatic nitrogens is 12. The standard InChI is InChI=1S/2C18H15N2.2C17H13N2.4C12H10N.4Ir/c2*1-2-14-9-11-20-18(12-14)16-7-5-6-15(13-16)17-8-3-4-10-19-17;2*1-13-8-10-19-17(11-13)15-6-4-5-14(12-15)16-7-2-3-9-18-16;4*1-10-7-8-12(13-9-10)11-5-3-2-4-6-11;;;;/h2*3-6,8-13H,2H2,1H3;2*2-5,7-12H,1H3;4*2-5,7-9H,1H3;;;;/q8*-1;;;;/i1D3,2D2;;1D3;;4*1D3;;;;. The quantitative estimate of drug-likeness (QED) is 0.0952. The van der Waals surface area contributed by atoms with Gasteiger partial charge in [0.05, 0.1) is 22.8 Å². The minimum atomic E-state index is -2.76. The monoisotopic (exact) mass is 2470 g/mol. The summed E-state index contributed by atoms with van der Waals surface area (Å²) in [6.45, 7) is -9.06. The molecule has 0 bridgehead atoms. The second kappa shape index (κ2) is 56.1. The zero-order valence-electron chi connectivity index (χ0n) is 92.2. The van der Waals surface area contributed by atoms with Crippen molar-refractivity contribution < 1.29 is 108 Å². The molecule has 12 nitrogen and oxygen atoms in total. The van der Waals surface area contributed by atoms with Crippen molar-refractivity contribution in [2.75, 3.05) is 0 Å². The average molecular weight is 2470 g/mol. The Bertz CT molecular complexity index is 7260. The molecule has 0 N–H and O–H groups in total. The Kier molecular flexibility index (Phi) is 32.6. The molecule has 16 heteroatoms. The Morgan fingerprint density at radius 2 is 0.485 bits per heavy atom. The maximum atomic E-state index is 7.91. The molecule has 672 valence electrons. The van der Waals surface area contributed by atoms with E-state index in [1.54, 1.807) is 110 Å². The van der Waals surface area contributed by atoms with Crippen LogP contribution in [0.4, 0.5) is 0 Å². The van der Waals surface area contributed by atoms with Crippen LogP contribution in [-0.2, 0) is 93.2 Å². The predicted molar refractivity (Wildman–Crippen MR) is 528 cm³/mol. The van der Waals surface area contributed by atoms with Crippen LogP contribution in [-0.4, -0.2) is 59.8 Å². The van der Waals surface area contributed by atoms with Gasteiger partial charge in [-0.3, -0.25) is 19.9 Å². The first-order valence-corrected chi connectivity index (χ1v) is 41.1. The maximum Gasteiger partial charge on any atom is 0.0518 e. The number of hydrogen-bond acceptors (Lipinski definition) is 12. The summed E-state index contributed by atoms with van der Waals surface area (Å²) >= 11 is 0. The van der Waals surface area contributed by atoms with Crippen molar-refractivity contribution >= 4 is 0 Å². The number of nitrogens with zero attached hydrogens (tertiary/aromatic N) is 12. The molecule has 0 aliphatic heterocycles. The summed E-state index contributed by atoms with van der Waals surface area (Å²) in [5.74, 6) is 0. The van der Waals surface area contributed by atoms with Gasteiger partial charge >= 0.3 is 0 Å². The second-order valence-electron chi connectivity index (χ2n) is 28.3. The summed E-state index contributed by atoms with van der Waals surface area (Å²) in [6.07, 6.45) is 17.8. The number of benzene rings is 8. The van der Waals surface area contributed by atoms with Gasteiger partial charge < -0.3 is 39.9 Å². The maximum absolute atomic E-state index is 7.91. The van der Waals surface area contributed by atoms with E-state index in [0.29, 0.717) is 17.0 Å². The first-order chi connectivity index (χ1) is 71.8. The minimum Gasteiger partial charge on any atom is -0.305 e. The summed E-state index contributed by atoms with van der Waals surface area (Å²) in [5.41, 5.74) is 24.1. The Hall–Kier alpha value is -13.8. The fourth-order valence-corrected chi connectivity index (χ4v) is 12.4.